The molecule has 0 radical (unpaired) electrons. The lowest BCUT2D eigenvalue weighted by molar-refractivity contribution is -0.0380. The molecule has 168 valence electrons. The molecule has 2 atom stereocenters. The Morgan fingerprint density at radius 2 is 1.16 bits per heavy atom. The summed E-state index contributed by atoms with van der Waals surface area (Å²) in [5, 5.41) is 0. The van der Waals surface area contributed by atoms with Gasteiger partial charge in [0.05, 0.1) is 23.8 Å². The summed E-state index contributed by atoms with van der Waals surface area (Å²) in [7, 11) is 0. The van der Waals surface area contributed by atoms with Crippen LogP contribution in [0.4, 0.5) is 0 Å². The summed E-state index contributed by atoms with van der Waals surface area (Å²) in [6.45, 7) is 12.1. The van der Waals surface area contributed by atoms with E-state index in [0.717, 1.165) is 11.1 Å². The van der Waals surface area contributed by atoms with Gasteiger partial charge >= 0.3 is 11.9 Å². The second-order valence-electron chi connectivity index (χ2n) is 8.44. The molecule has 5 nitrogen and oxygen atoms in total. The molecule has 31 heavy (non-hydrogen) atoms. The first-order valence-electron chi connectivity index (χ1n) is 10.9. The average Bonchev–Trinajstić information content (AvgIpc) is 2.75. The van der Waals surface area contributed by atoms with E-state index >= 15 is 0 Å². The second-order valence-corrected chi connectivity index (χ2v) is 8.44. The number of rotatable bonds is 10. The quantitative estimate of drug-likeness (QED) is 0.453. The molecule has 0 aliphatic carbocycles. The zero-order valence-corrected chi connectivity index (χ0v) is 19.4. The summed E-state index contributed by atoms with van der Waals surface area (Å²) in [6, 6.07) is 14.9. The normalized spacial score (nSPS) is 13.2. The second kappa shape index (κ2) is 11.7. The molecular weight excluding hydrogens is 392 g/mol. The molecule has 2 aromatic rings. The molecule has 0 saturated carbocycles. The highest BCUT2D eigenvalue weighted by Gasteiger charge is 2.19. The van der Waals surface area contributed by atoms with Crippen LogP contribution in [0.25, 0.3) is 0 Å². The van der Waals surface area contributed by atoms with Crippen LogP contribution in [0.15, 0.2) is 48.5 Å². The van der Waals surface area contributed by atoms with E-state index in [9.17, 15) is 9.59 Å². The molecule has 2 unspecified atom stereocenters. The van der Waals surface area contributed by atoms with Gasteiger partial charge in [-0.3, -0.25) is 0 Å². The SMILES string of the molecule is CC(COC(=O)c1ccccc1C(C)C)OCC(C)OC(=O)c1ccccc1C(C)C. The Kier molecular flexibility index (Phi) is 9.25. The van der Waals surface area contributed by atoms with Crippen molar-refractivity contribution >= 4 is 11.9 Å². The van der Waals surface area contributed by atoms with E-state index in [1.54, 1.807) is 19.1 Å². The van der Waals surface area contributed by atoms with Crippen LogP contribution < -0.4 is 0 Å². The number of ether oxygens (including phenoxy) is 3. The number of hydrogen-bond donors (Lipinski definition) is 0. The standard InChI is InChI=1S/C26H34O5/c1-17(2)21-11-7-9-13-23(21)25(27)30-15-19(5)29-16-20(6)31-26(28)24-14-10-8-12-22(24)18(3)4/h7-14,17-20H,15-16H2,1-6H3. The van der Waals surface area contributed by atoms with Crippen molar-refractivity contribution in [2.75, 3.05) is 13.2 Å². The fraction of sp³-hybridized carbons (Fsp3) is 0.462. The number of benzene rings is 2. The molecule has 0 aliphatic heterocycles. The van der Waals surface area contributed by atoms with Crippen LogP contribution in [0.5, 0.6) is 0 Å². The zero-order valence-electron chi connectivity index (χ0n) is 19.4. The van der Waals surface area contributed by atoms with Crippen LogP contribution in [-0.4, -0.2) is 37.4 Å². The van der Waals surface area contributed by atoms with Gasteiger partial charge in [-0.1, -0.05) is 64.1 Å². The summed E-state index contributed by atoms with van der Waals surface area (Å²) < 4.78 is 16.7. The Labute approximate surface area is 185 Å². The predicted molar refractivity (Wildman–Crippen MR) is 122 cm³/mol. The molecule has 0 heterocycles. The summed E-state index contributed by atoms with van der Waals surface area (Å²) in [4.78, 5) is 25.0. The Morgan fingerprint density at radius 3 is 1.68 bits per heavy atom. The van der Waals surface area contributed by atoms with Gasteiger partial charge in [0.1, 0.15) is 12.7 Å². The highest BCUT2D eigenvalue weighted by Crippen LogP contribution is 2.21. The van der Waals surface area contributed by atoms with Crippen molar-refractivity contribution in [3.63, 3.8) is 0 Å². The molecule has 0 saturated heterocycles. The number of hydrogen-bond acceptors (Lipinski definition) is 5. The Morgan fingerprint density at radius 1 is 0.677 bits per heavy atom. The molecule has 0 fully saturated rings. The van der Waals surface area contributed by atoms with Crippen LogP contribution >= 0.6 is 0 Å². The minimum Gasteiger partial charge on any atom is -0.459 e. The number of carbonyl (C=O) groups excluding carboxylic acids is 2. The van der Waals surface area contributed by atoms with Crippen LogP contribution in [-0.2, 0) is 14.2 Å². The van der Waals surface area contributed by atoms with Gasteiger partial charge < -0.3 is 14.2 Å². The van der Waals surface area contributed by atoms with Crippen molar-refractivity contribution in [2.24, 2.45) is 0 Å². The lowest BCUT2D eigenvalue weighted by atomic mass is 9.97. The third-order valence-corrected chi connectivity index (χ3v) is 4.98. The molecule has 5 heteroatoms. The Balaban J connectivity index is 1.82. The minimum atomic E-state index is -0.424. The molecule has 2 rings (SSSR count). The van der Waals surface area contributed by atoms with Crippen molar-refractivity contribution in [1.29, 1.82) is 0 Å². The van der Waals surface area contributed by atoms with Gasteiger partial charge in [-0.15, -0.1) is 0 Å². The molecule has 0 N–H and O–H groups in total. The first-order chi connectivity index (χ1) is 14.7. The van der Waals surface area contributed by atoms with E-state index in [0.29, 0.717) is 11.1 Å². The van der Waals surface area contributed by atoms with Crippen LogP contribution in [0.2, 0.25) is 0 Å². The van der Waals surface area contributed by atoms with E-state index in [1.165, 1.54) is 0 Å². The topological polar surface area (TPSA) is 61.8 Å². The largest absolute Gasteiger partial charge is 0.459 e. The van der Waals surface area contributed by atoms with Crippen molar-refractivity contribution in [3.8, 4) is 0 Å². The zero-order chi connectivity index (χ0) is 23.0. The molecule has 0 spiro atoms. The number of carbonyl (C=O) groups is 2. The lowest BCUT2D eigenvalue weighted by Gasteiger charge is -2.19. The van der Waals surface area contributed by atoms with Crippen LogP contribution in [0.1, 0.15) is 85.2 Å². The first-order valence-corrected chi connectivity index (χ1v) is 10.9. The molecule has 0 aromatic heterocycles. The first kappa shape index (κ1) is 24.6. The molecule has 0 aliphatic rings. The summed E-state index contributed by atoms with van der Waals surface area (Å²) >= 11 is 0. The van der Waals surface area contributed by atoms with E-state index in [4.69, 9.17) is 14.2 Å². The van der Waals surface area contributed by atoms with Gasteiger partial charge in [0, 0.05) is 0 Å². The van der Waals surface area contributed by atoms with E-state index in [2.05, 4.69) is 0 Å². The third-order valence-electron chi connectivity index (χ3n) is 4.98. The van der Waals surface area contributed by atoms with Gasteiger partial charge in [-0.25, -0.2) is 9.59 Å². The van der Waals surface area contributed by atoms with E-state index in [-0.39, 0.29) is 43.1 Å². The predicted octanol–water partition coefficient (Wildman–Crippen LogP) is 5.74. The molecular formula is C26H34O5. The van der Waals surface area contributed by atoms with Crippen LogP contribution in [0.3, 0.4) is 0 Å². The van der Waals surface area contributed by atoms with E-state index < -0.39 is 6.10 Å². The summed E-state index contributed by atoms with van der Waals surface area (Å²) in [6.07, 6.45) is -0.744. The van der Waals surface area contributed by atoms with Crippen LogP contribution in [0, 0.1) is 0 Å². The van der Waals surface area contributed by atoms with Gasteiger partial charge in [-0.05, 0) is 48.9 Å². The van der Waals surface area contributed by atoms with Gasteiger partial charge in [0.2, 0.25) is 0 Å². The monoisotopic (exact) mass is 426 g/mol. The van der Waals surface area contributed by atoms with Gasteiger partial charge in [0.15, 0.2) is 0 Å². The Bertz CT molecular complexity index is 872. The van der Waals surface area contributed by atoms with Crippen molar-refractivity contribution < 1.29 is 23.8 Å². The molecule has 0 bridgehead atoms. The Hall–Kier alpha value is -2.66. The summed E-state index contributed by atoms with van der Waals surface area (Å²) in [5.41, 5.74) is 3.08. The maximum atomic E-state index is 12.5. The molecule has 0 amide bonds. The highest BCUT2D eigenvalue weighted by atomic mass is 16.6. The highest BCUT2D eigenvalue weighted by molar-refractivity contribution is 5.91. The smallest absolute Gasteiger partial charge is 0.338 e. The van der Waals surface area contributed by atoms with Crippen molar-refractivity contribution in [2.45, 2.75) is 65.6 Å². The van der Waals surface area contributed by atoms with Crippen molar-refractivity contribution in [1.82, 2.24) is 0 Å². The average molecular weight is 427 g/mol. The minimum absolute atomic E-state index is 0.127. The summed E-state index contributed by atoms with van der Waals surface area (Å²) in [5.74, 6) is -0.256. The fourth-order valence-electron chi connectivity index (χ4n) is 3.27. The molecule has 2 aromatic carbocycles. The third kappa shape index (κ3) is 7.21. The van der Waals surface area contributed by atoms with Crippen molar-refractivity contribution in [3.05, 3.63) is 70.8 Å². The van der Waals surface area contributed by atoms with E-state index in [1.807, 2.05) is 71.0 Å². The van der Waals surface area contributed by atoms with Gasteiger partial charge in [0.25, 0.3) is 0 Å². The number of esters is 2. The lowest BCUT2D eigenvalue weighted by Crippen LogP contribution is -2.26. The van der Waals surface area contributed by atoms with Gasteiger partial charge in [-0.2, -0.15) is 0 Å². The maximum absolute atomic E-state index is 12.5. The fourth-order valence-corrected chi connectivity index (χ4v) is 3.27. The maximum Gasteiger partial charge on any atom is 0.338 e.